The first-order valence-corrected chi connectivity index (χ1v) is 16.3. The molecule has 0 spiro atoms. The number of hydrogen-bond acceptors (Lipinski definition) is 3. The topological polar surface area (TPSA) is 81.2 Å². The van der Waals surface area contributed by atoms with Gasteiger partial charge in [0, 0.05) is 32.7 Å². The molecule has 0 amide bonds. The van der Waals surface area contributed by atoms with E-state index in [1.807, 2.05) is 91.0 Å². The van der Waals surface area contributed by atoms with Gasteiger partial charge in [-0.05, 0) is 65.7 Å². The van der Waals surface area contributed by atoms with E-state index in [-0.39, 0.29) is 0 Å². The Morgan fingerprint density at radius 1 is 0.360 bits per heavy atom. The molecule has 9 rings (SSSR count). The number of nitriles is 3. The summed E-state index contributed by atoms with van der Waals surface area (Å²) in [4.78, 5) is 0. The lowest BCUT2D eigenvalue weighted by Crippen LogP contribution is -2.01. The van der Waals surface area contributed by atoms with Crippen molar-refractivity contribution in [1.82, 2.24) is 9.13 Å². The lowest BCUT2D eigenvalue weighted by Gasteiger charge is -2.16. The van der Waals surface area contributed by atoms with Crippen LogP contribution in [-0.4, -0.2) is 9.13 Å². The number of hydrogen-bond donors (Lipinski definition) is 0. The van der Waals surface area contributed by atoms with Gasteiger partial charge in [-0.2, -0.15) is 15.8 Å². The number of aromatic nitrogens is 2. The van der Waals surface area contributed by atoms with Crippen LogP contribution in [-0.2, 0) is 0 Å². The van der Waals surface area contributed by atoms with Crippen molar-refractivity contribution in [1.29, 1.82) is 15.8 Å². The Morgan fingerprint density at radius 3 is 1.46 bits per heavy atom. The molecule has 0 aliphatic rings. The molecule has 0 unspecified atom stereocenters. The summed E-state index contributed by atoms with van der Waals surface area (Å²) in [6, 6.07) is 57.7. The molecule has 5 nitrogen and oxygen atoms in total. The molecule has 0 aliphatic carbocycles. The molecule has 7 aromatic carbocycles. The zero-order valence-corrected chi connectivity index (χ0v) is 26.7. The molecule has 0 bridgehead atoms. The molecule has 0 N–H and O–H groups in total. The van der Waals surface area contributed by atoms with Crippen LogP contribution in [0.1, 0.15) is 16.7 Å². The standard InChI is InChI=1S/C45H25N5/c46-26-29-17-22-44-38(23-29)36-12-4-8-16-43(36)49(44)40-13-5-1-9-33(40)31-18-20-32(21-19-31)37-24-30(27-47)25-45(39(37)28-48)50-41-14-6-2-10-34(41)35-11-3-7-15-42(35)50/h1-25H. The lowest BCUT2D eigenvalue weighted by molar-refractivity contribution is 1.16. The smallest absolute Gasteiger partial charge is 0.102 e. The van der Waals surface area contributed by atoms with Crippen molar-refractivity contribution in [2.45, 2.75) is 0 Å². The van der Waals surface area contributed by atoms with Crippen LogP contribution < -0.4 is 0 Å². The fourth-order valence-electron chi connectivity index (χ4n) is 7.44. The van der Waals surface area contributed by atoms with E-state index in [0.29, 0.717) is 27.9 Å². The van der Waals surface area contributed by atoms with Gasteiger partial charge in [-0.1, -0.05) is 97.1 Å². The second kappa shape index (κ2) is 11.4. The van der Waals surface area contributed by atoms with Crippen molar-refractivity contribution >= 4 is 43.6 Å². The van der Waals surface area contributed by atoms with Gasteiger partial charge in [0.2, 0.25) is 0 Å². The minimum Gasteiger partial charge on any atom is -0.309 e. The van der Waals surface area contributed by atoms with Gasteiger partial charge in [0.05, 0.1) is 62.3 Å². The summed E-state index contributed by atoms with van der Waals surface area (Å²) in [5, 5.41) is 34.7. The van der Waals surface area contributed by atoms with E-state index in [1.165, 1.54) is 0 Å². The van der Waals surface area contributed by atoms with Crippen LogP contribution in [0.4, 0.5) is 0 Å². The van der Waals surface area contributed by atoms with Crippen molar-refractivity contribution in [3.8, 4) is 51.8 Å². The number of nitrogens with zero attached hydrogens (tertiary/aromatic N) is 5. The molecule has 9 aromatic rings. The zero-order valence-electron chi connectivity index (χ0n) is 26.7. The predicted molar refractivity (Wildman–Crippen MR) is 200 cm³/mol. The first-order chi connectivity index (χ1) is 24.7. The zero-order chi connectivity index (χ0) is 33.8. The normalized spacial score (nSPS) is 11.1. The summed E-state index contributed by atoms with van der Waals surface area (Å²) in [6.07, 6.45) is 0. The van der Waals surface area contributed by atoms with E-state index in [1.54, 1.807) is 0 Å². The van der Waals surface area contributed by atoms with Gasteiger partial charge < -0.3 is 9.13 Å². The van der Waals surface area contributed by atoms with E-state index in [0.717, 1.165) is 66.0 Å². The summed E-state index contributed by atoms with van der Waals surface area (Å²) >= 11 is 0. The third kappa shape index (κ3) is 4.31. The fourth-order valence-corrected chi connectivity index (χ4v) is 7.44. The van der Waals surface area contributed by atoms with E-state index < -0.39 is 0 Å². The van der Waals surface area contributed by atoms with Gasteiger partial charge in [0.1, 0.15) is 6.07 Å². The van der Waals surface area contributed by atoms with Gasteiger partial charge in [-0.15, -0.1) is 0 Å². The summed E-state index contributed by atoms with van der Waals surface area (Å²) < 4.78 is 4.36. The van der Waals surface area contributed by atoms with Crippen molar-refractivity contribution in [3.05, 3.63) is 168 Å². The van der Waals surface area contributed by atoms with Crippen molar-refractivity contribution in [3.63, 3.8) is 0 Å². The summed E-state index contributed by atoms with van der Waals surface area (Å²) in [5.41, 5.74) is 11.0. The Hall–Kier alpha value is -7.39. The number of para-hydroxylation sites is 4. The van der Waals surface area contributed by atoms with Crippen LogP contribution in [0, 0.1) is 34.0 Å². The van der Waals surface area contributed by atoms with Crippen LogP contribution in [0.25, 0.3) is 77.2 Å². The van der Waals surface area contributed by atoms with E-state index in [4.69, 9.17) is 0 Å². The molecule has 2 aromatic heterocycles. The summed E-state index contributed by atoms with van der Waals surface area (Å²) in [6.45, 7) is 0. The van der Waals surface area contributed by atoms with Crippen molar-refractivity contribution in [2.24, 2.45) is 0 Å². The maximum absolute atomic E-state index is 10.7. The van der Waals surface area contributed by atoms with E-state index in [9.17, 15) is 15.8 Å². The van der Waals surface area contributed by atoms with Crippen LogP contribution in [0.2, 0.25) is 0 Å². The second-order valence-electron chi connectivity index (χ2n) is 12.3. The first kappa shape index (κ1) is 28.8. The van der Waals surface area contributed by atoms with E-state index >= 15 is 0 Å². The minimum atomic E-state index is 0.483. The Labute approximate surface area is 287 Å². The van der Waals surface area contributed by atoms with Gasteiger partial charge in [0.25, 0.3) is 0 Å². The number of rotatable bonds is 4. The highest BCUT2D eigenvalue weighted by atomic mass is 15.0. The SMILES string of the molecule is N#Cc1cc(-c2ccc(-c3ccccc3-n3c4ccccc4c4cc(C#N)ccc43)cc2)c(C#N)c(-n2c3ccccc3c3ccccc32)c1. The maximum Gasteiger partial charge on any atom is 0.102 e. The number of benzene rings is 7. The highest BCUT2D eigenvalue weighted by Crippen LogP contribution is 2.39. The second-order valence-corrected chi connectivity index (χ2v) is 12.3. The Morgan fingerprint density at radius 2 is 0.860 bits per heavy atom. The third-order valence-corrected chi connectivity index (χ3v) is 9.63. The van der Waals surface area contributed by atoms with Gasteiger partial charge >= 0.3 is 0 Å². The molecule has 0 saturated carbocycles. The molecule has 2 heterocycles. The molecule has 50 heavy (non-hydrogen) atoms. The highest BCUT2D eigenvalue weighted by molar-refractivity contribution is 6.11. The fraction of sp³-hybridized carbons (Fsp3) is 0. The molecular formula is C45H25N5. The number of fused-ring (bicyclic) bond motifs is 6. The average molecular weight is 636 g/mol. The van der Waals surface area contributed by atoms with Crippen LogP contribution in [0.15, 0.2) is 152 Å². The molecule has 5 heteroatoms. The Balaban J connectivity index is 1.21. The third-order valence-electron chi connectivity index (χ3n) is 9.63. The summed E-state index contributed by atoms with van der Waals surface area (Å²) in [5.74, 6) is 0. The van der Waals surface area contributed by atoms with Crippen molar-refractivity contribution in [2.75, 3.05) is 0 Å². The molecule has 230 valence electrons. The van der Waals surface area contributed by atoms with Gasteiger partial charge in [-0.25, -0.2) is 0 Å². The quantitative estimate of drug-likeness (QED) is 0.193. The molecule has 0 atom stereocenters. The molecule has 0 saturated heterocycles. The molecular weight excluding hydrogens is 611 g/mol. The largest absolute Gasteiger partial charge is 0.309 e. The molecule has 0 fully saturated rings. The lowest BCUT2D eigenvalue weighted by atomic mass is 9.94. The van der Waals surface area contributed by atoms with Crippen LogP contribution >= 0.6 is 0 Å². The molecule has 0 radical (unpaired) electrons. The minimum absolute atomic E-state index is 0.483. The highest BCUT2D eigenvalue weighted by Gasteiger charge is 2.20. The summed E-state index contributed by atoms with van der Waals surface area (Å²) in [7, 11) is 0. The maximum atomic E-state index is 10.7. The Kier molecular flexibility index (Phi) is 6.56. The van der Waals surface area contributed by atoms with Gasteiger partial charge in [-0.3, -0.25) is 0 Å². The van der Waals surface area contributed by atoms with E-state index in [2.05, 4.69) is 88.0 Å². The van der Waals surface area contributed by atoms with Gasteiger partial charge in [0.15, 0.2) is 0 Å². The molecule has 0 aliphatic heterocycles. The van der Waals surface area contributed by atoms with Crippen LogP contribution in [0.3, 0.4) is 0 Å². The Bertz CT molecular complexity index is 2900. The van der Waals surface area contributed by atoms with Crippen molar-refractivity contribution < 1.29 is 0 Å². The first-order valence-electron chi connectivity index (χ1n) is 16.3. The predicted octanol–water partition coefficient (Wildman–Crippen LogP) is 10.8. The van der Waals surface area contributed by atoms with Crippen LogP contribution in [0.5, 0.6) is 0 Å². The monoisotopic (exact) mass is 635 g/mol. The average Bonchev–Trinajstić information content (AvgIpc) is 3.70.